The van der Waals surface area contributed by atoms with E-state index in [0.29, 0.717) is 5.56 Å². The highest BCUT2D eigenvalue weighted by molar-refractivity contribution is 9.10. The first-order valence-electron chi connectivity index (χ1n) is 5.09. The Balaban J connectivity index is 2.52. The van der Waals surface area contributed by atoms with Crippen molar-refractivity contribution in [2.75, 3.05) is 0 Å². The summed E-state index contributed by atoms with van der Waals surface area (Å²) in [7, 11) is 0. The van der Waals surface area contributed by atoms with Crippen LogP contribution in [0.1, 0.15) is 11.1 Å². The van der Waals surface area contributed by atoms with Crippen molar-refractivity contribution in [2.45, 2.75) is 5.33 Å². The van der Waals surface area contributed by atoms with Gasteiger partial charge in [0.05, 0.1) is 11.6 Å². The highest BCUT2D eigenvalue weighted by Crippen LogP contribution is 2.27. The molecule has 3 heteroatoms. The Morgan fingerprint density at radius 2 is 1.76 bits per heavy atom. The maximum atomic E-state index is 9.10. The molecule has 2 rings (SSSR count). The molecular weight excluding hydrogens is 342 g/mol. The van der Waals surface area contributed by atoms with Crippen molar-refractivity contribution in [3.8, 4) is 17.2 Å². The average molecular weight is 351 g/mol. The zero-order chi connectivity index (χ0) is 12.3. The van der Waals surface area contributed by atoms with Gasteiger partial charge in [0.1, 0.15) is 0 Å². The van der Waals surface area contributed by atoms with Crippen molar-refractivity contribution >= 4 is 31.9 Å². The number of halogens is 2. The minimum atomic E-state index is 0.694. The van der Waals surface area contributed by atoms with Gasteiger partial charge in [-0.05, 0) is 29.3 Å². The molecule has 2 aromatic carbocycles. The minimum absolute atomic E-state index is 0.694. The number of nitrogens with zero attached hydrogens (tertiary/aromatic N) is 1. The summed E-state index contributed by atoms with van der Waals surface area (Å²) >= 11 is 6.85. The maximum Gasteiger partial charge on any atom is 0.0998 e. The van der Waals surface area contributed by atoms with E-state index in [1.54, 1.807) is 0 Å². The van der Waals surface area contributed by atoms with Crippen LogP contribution in [0.2, 0.25) is 0 Å². The fourth-order valence-electron chi connectivity index (χ4n) is 1.63. The van der Waals surface area contributed by atoms with E-state index in [9.17, 15) is 0 Å². The van der Waals surface area contributed by atoms with Gasteiger partial charge >= 0.3 is 0 Å². The fourth-order valence-corrected chi connectivity index (χ4v) is 2.36. The molecule has 0 amide bonds. The van der Waals surface area contributed by atoms with Crippen LogP contribution in [0, 0.1) is 11.3 Å². The number of alkyl halides is 1. The lowest BCUT2D eigenvalue weighted by Crippen LogP contribution is -1.85. The molecule has 0 N–H and O–H groups in total. The normalized spacial score (nSPS) is 9.94. The summed E-state index contributed by atoms with van der Waals surface area (Å²) < 4.78 is 0.982. The molecule has 0 bridgehead atoms. The lowest BCUT2D eigenvalue weighted by atomic mass is 10.00. The van der Waals surface area contributed by atoms with Gasteiger partial charge in [-0.15, -0.1) is 0 Å². The highest BCUT2D eigenvalue weighted by Gasteiger charge is 2.05. The highest BCUT2D eigenvalue weighted by atomic mass is 79.9. The number of hydrogen-bond acceptors (Lipinski definition) is 1. The molecule has 0 heterocycles. The Morgan fingerprint density at radius 3 is 2.35 bits per heavy atom. The Kier molecular flexibility index (Phi) is 3.98. The zero-order valence-electron chi connectivity index (χ0n) is 8.95. The summed E-state index contributed by atoms with van der Waals surface area (Å²) in [4.78, 5) is 0. The standard InChI is InChI=1S/C14H9Br2N/c15-8-10-1-3-11(4-2-10)14-7-13(16)6-5-12(14)9-17/h1-7H,8H2. The molecule has 0 aliphatic carbocycles. The molecule has 17 heavy (non-hydrogen) atoms. The van der Waals surface area contributed by atoms with Crippen LogP contribution < -0.4 is 0 Å². The van der Waals surface area contributed by atoms with Gasteiger partial charge in [-0.1, -0.05) is 56.1 Å². The molecule has 2 aromatic rings. The van der Waals surface area contributed by atoms with Crippen LogP contribution in [0.15, 0.2) is 46.9 Å². The summed E-state index contributed by atoms with van der Waals surface area (Å²) in [6, 6.07) is 16.1. The molecule has 0 aliphatic heterocycles. The van der Waals surface area contributed by atoms with Crippen LogP contribution in [0.25, 0.3) is 11.1 Å². The Labute approximate surface area is 117 Å². The summed E-state index contributed by atoms with van der Waals surface area (Å²) in [5.74, 6) is 0. The zero-order valence-corrected chi connectivity index (χ0v) is 12.1. The van der Waals surface area contributed by atoms with Crippen LogP contribution in [0.3, 0.4) is 0 Å². The quantitative estimate of drug-likeness (QED) is 0.708. The summed E-state index contributed by atoms with van der Waals surface area (Å²) in [5, 5.41) is 9.94. The largest absolute Gasteiger partial charge is 0.192 e. The third-order valence-electron chi connectivity index (χ3n) is 2.52. The van der Waals surface area contributed by atoms with E-state index in [2.05, 4.69) is 50.1 Å². The van der Waals surface area contributed by atoms with E-state index < -0.39 is 0 Å². The van der Waals surface area contributed by atoms with Gasteiger partial charge in [-0.2, -0.15) is 5.26 Å². The topological polar surface area (TPSA) is 23.8 Å². The molecular formula is C14H9Br2N. The van der Waals surface area contributed by atoms with Crippen LogP contribution in [0.5, 0.6) is 0 Å². The third-order valence-corrected chi connectivity index (χ3v) is 3.66. The van der Waals surface area contributed by atoms with E-state index in [1.807, 2.05) is 30.3 Å². The molecule has 0 aliphatic rings. The van der Waals surface area contributed by atoms with Crippen LogP contribution in [0.4, 0.5) is 0 Å². The van der Waals surface area contributed by atoms with Crippen molar-refractivity contribution < 1.29 is 0 Å². The predicted molar refractivity (Wildman–Crippen MR) is 76.9 cm³/mol. The van der Waals surface area contributed by atoms with Gasteiger partial charge in [-0.3, -0.25) is 0 Å². The fraction of sp³-hybridized carbons (Fsp3) is 0.0714. The van der Waals surface area contributed by atoms with Gasteiger partial charge in [0.2, 0.25) is 0 Å². The van der Waals surface area contributed by atoms with Gasteiger partial charge in [-0.25, -0.2) is 0 Å². The Hall–Kier alpha value is -1.11. The molecule has 0 saturated carbocycles. The molecule has 0 spiro atoms. The smallest absolute Gasteiger partial charge is 0.0998 e. The van der Waals surface area contributed by atoms with E-state index in [1.165, 1.54) is 5.56 Å². The van der Waals surface area contributed by atoms with Crippen molar-refractivity contribution in [3.05, 3.63) is 58.1 Å². The van der Waals surface area contributed by atoms with Gasteiger partial charge in [0, 0.05) is 15.4 Å². The average Bonchev–Trinajstić information content (AvgIpc) is 2.39. The van der Waals surface area contributed by atoms with E-state index >= 15 is 0 Å². The minimum Gasteiger partial charge on any atom is -0.192 e. The van der Waals surface area contributed by atoms with E-state index in [4.69, 9.17) is 5.26 Å². The molecule has 0 unspecified atom stereocenters. The maximum absolute atomic E-state index is 9.10. The molecule has 1 nitrogen and oxygen atoms in total. The lowest BCUT2D eigenvalue weighted by molar-refractivity contribution is 1.42. The van der Waals surface area contributed by atoms with Crippen LogP contribution >= 0.6 is 31.9 Å². The second kappa shape index (κ2) is 5.48. The van der Waals surface area contributed by atoms with E-state index in [-0.39, 0.29) is 0 Å². The Morgan fingerprint density at radius 1 is 1.06 bits per heavy atom. The second-order valence-electron chi connectivity index (χ2n) is 3.63. The lowest BCUT2D eigenvalue weighted by Gasteiger charge is -2.06. The van der Waals surface area contributed by atoms with Crippen molar-refractivity contribution in [1.82, 2.24) is 0 Å². The van der Waals surface area contributed by atoms with Crippen molar-refractivity contribution in [1.29, 1.82) is 5.26 Å². The van der Waals surface area contributed by atoms with Crippen LogP contribution in [-0.2, 0) is 5.33 Å². The number of nitriles is 1. The summed E-state index contributed by atoms with van der Waals surface area (Å²) in [6.45, 7) is 0. The number of rotatable bonds is 2. The molecule has 0 aromatic heterocycles. The Bertz CT molecular complexity index is 568. The molecule has 0 fully saturated rings. The van der Waals surface area contributed by atoms with E-state index in [0.717, 1.165) is 20.9 Å². The summed E-state index contributed by atoms with van der Waals surface area (Å²) in [5.41, 5.74) is 3.94. The molecule has 0 atom stereocenters. The summed E-state index contributed by atoms with van der Waals surface area (Å²) in [6.07, 6.45) is 0. The number of hydrogen-bond donors (Lipinski definition) is 0. The first-order chi connectivity index (χ1) is 8.24. The predicted octanol–water partition coefficient (Wildman–Crippen LogP) is 4.88. The van der Waals surface area contributed by atoms with Gasteiger partial charge < -0.3 is 0 Å². The number of benzene rings is 2. The SMILES string of the molecule is N#Cc1ccc(Br)cc1-c1ccc(CBr)cc1. The monoisotopic (exact) mass is 349 g/mol. The first-order valence-corrected chi connectivity index (χ1v) is 7.01. The molecule has 84 valence electrons. The van der Waals surface area contributed by atoms with Crippen molar-refractivity contribution in [3.63, 3.8) is 0 Å². The molecule has 0 saturated heterocycles. The third kappa shape index (κ3) is 2.77. The van der Waals surface area contributed by atoms with Gasteiger partial charge in [0.15, 0.2) is 0 Å². The first kappa shape index (κ1) is 12.3. The molecule has 0 radical (unpaired) electrons. The van der Waals surface area contributed by atoms with Gasteiger partial charge in [0.25, 0.3) is 0 Å². The second-order valence-corrected chi connectivity index (χ2v) is 5.11. The van der Waals surface area contributed by atoms with Crippen molar-refractivity contribution in [2.24, 2.45) is 0 Å². The van der Waals surface area contributed by atoms with Crippen LogP contribution in [-0.4, -0.2) is 0 Å².